The number of aryl methyl sites for hydroxylation is 1. The van der Waals surface area contributed by atoms with Crippen LogP contribution in [0.25, 0.3) is 0 Å². The summed E-state index contributed by atoms with van der Waals surface area (Å²) in [7, 11) is 1.60. The number of methoxy groups -OCH3 is 1. The molecule has 0 bridgehead atoms. The predicted octanol–water partition coefficient (Wildman–Crippen LogP) is 1.51. The maximum absolute atomic E-state index is 11.6. The van der Waals surface area contributed by atoms with Crippen LogP contribution in [0.3, 0.4) is 0 Å². The Morgan fingerprint density at radius 3 is 2.93 bits per heavy atom. The van der Waals surface area contributed by atoms with Crippen LogP contribution in [0.4, 0.5) is 0 Å². The maximum Gasteiger partial charge on any atom is 0.168 e. The number of hydrogen-bond donors (Lipinski definition) is 0. The largest absolute Gasteiger partial charge is 0.381 e. The van der Waals surface area contributed by atoms with Crippen LogP contribution in [0.1, 0.15) is 30.6 Å². The van der Waals surface area contributed by atoms with Gasteiger partial charge in [0.1, 0.15) is 0 Å². The van der Waals surface area contributed by atoms with Crippen molar-refractivity contribution in [3.63, 3.8) is 0 Å². The molecule has 0 spiro atoms. The van der Waals surface area contributed by atoms with E-state index in [9.17, 15) is 4.79 Å². The van der Waals surface area contributed by atoms with Gasteiger partial charge in [-0.05, 0) is 13.8 Å². The molecule has 78 valence electrons. The second-order valence-electron chi connectivity index (χ2n) is 3.26. The van der Waals surface area contributed by atoms with Gasteiger partial charge in [-0.25, -0.2) is 0 Å². The standard InChI is InChI=1S/C10H16N2O2/c1-4-12-7-9(6-11-12)10(13)5-8(2)14-3/h6-8H,4-5H2,1-3H3. The molecule has 1 unspecified atom stereocenters. The topological polar surface area (TPSA) is 44.1 Å². The van der Waals surface area contributed by atoms with Crippen LogP contribution in [0.2, 0.25) is 0 Å². The van der Waals surface area contributed by atoms with Crippen molar-refractivity contribution in [2.45, 2.75) is 32.9 Å². The van der Waals surface area contributed by atoms with Crippen molar-refractivity contribution in [3.05, 3.63) is 18.0 Å². The Kier molecular flexibility index (Phi) is 3.83. The molecular weight excluding hydrogens is 180 g/mol. The molecule has 0 fully saturated rings. The molecule has 0 saturated heterocycles. The molecule has 1 heterocycles. The van der Waals surface area contributed by atoms with Crippen molar-refractivity contribution in [1.82, 2.24) is 9.78 Å². The van der Waals surface area contributed by atoms with Gasteiger partial charge in [0.05, 0.1) is 17.9 Å². The highest BCUT2D eigenvalue weighted by molar-refractivity contribution is 5.95. The van der Waals surface area contributed by atoms with Crippen molar-refractivity contribution < 1.29 is 9.53 Å². The number of carbonyl (C=O) groups is 1. The van der Waals surface area contributed by atoms with E-state index in [1.165, 1.54) is 0 Å². The molecule has 0 aliphatic rings. The fraction of sp³-hybridized carbons (Fsp3) is 0.600. The number of rotatable bonds is 5. The zero-order valence-corrected chi connectivity index (χ0v) is 8.86. The van der Waals surface area contributed by atoms with E-state index in [1.807, 2.05) is 13.8 Å². The van der Waals surface area contributed by atoms with E-state index in [0.717, 1.165) is 6.54 Å². The van der Waals surface area contributed by atoms with E-state index in [0.29, 0.717) is 12.0 Å². The number of ether oxygens (including phenoxy) is 1. The molecule has 0 amide bonds. The molecule has 1 rings (SSSR count). The molecule has 0 radical (unpaired) electrons. The Morgan fingerprint density at radius 2 is 2.43 bits per heavy atom. The monoisotopic (exact) mass is 196 g/mol. The normalized spacial score (nSPS) is 12.8. The van der Waals surface area contributed by atoms with Gasteiger partial charge in [-0.3, -0.25) is 9.48 Å². The molecular formula is C10H16N2O2. The minimum atomic E-state index is -0.0347. The van der Waals surface area contributed by atoms with E-state index in [1.54, 1.807) is 24.2 Å². The first-order valence-electron chi connectivity index (χ1n) is 4.75. The summed E-state index contributed by atoms with van der Waals surface area (Å²) >= 11 is 0. The summed E-state index contributed by atoms with van der Waals surface area (Å²) in [5.41, 5.74) is 0.663. The lowest BCUT2D eigenvalue weighted by Gasteiger charge is -2.06. The van der Waals surface area contributed by atoms with Gasteiger partial charge in [-0.2, -0.15) is 5.10 Å². The number of Topliss-reactive ketones (excluding diaryl/α,β-unsaturated/α-hetero) is 1. The first kappa shape index (κ1) is 10.9. The molecule has 14 heavy (non-hydrogen) atoms. The lowest BCUT2D eigenvalue weighted by molar-refractivity contribution is 0.0792. The van der Waals surface area contributed by atoms with E-state index < -0.39 is 0 Å². The molecule has 0 N–H and O–H groups in total. The first-order valence-corrected chi connectivity index (χ1v) is 4.75. The lowest BCUT2D eigenvalue weighted by atomic mass is 10.1. The summed E-state index contributed by atoms with van der Waals surface area (Å²) in [4.78, 5) is 11.6. The number of hydrogen-bond acceptors (Lipinski definition) is 3. The highest BCUT2D eigenvalue weighted by Gasteiger charge is 2.12. The third-order valence-electron chi connectivity index (χ3n) is 2.15. The SMILES string of the molecule is CCn1cc(C(=O)CC(C)OC)cn1. The predicted molar refractivity (Wildman–Crippen MR) is 53.3 cm³/mol. The Labute approximate surface area is 83.9 Å². The van der Waals surface area contributed by atoms with Crippen LogP contribution < -0.4 is 0 Å². The van der Waals surface area contributed by atoms with Gasteiger partial charge in [0, 0.05) is 26.3 Å². The molecule has 0 saturated carbocycles. The van der Waals surface area contributed by atoms with Crippen molar-refractivity contribution in [1.29, 1.82) is 0 Å². The Balaban J connectivity index is 2.60. The average molecular weight is 196 g/mol. The van der Waals surface area contributed by atoms with Gasteiger partial charge in [0.15, 0.2) is 5.78 Å². The fourth-order valence-electron chi connectivity index (χ4n) is 1.14. The Hall–Kier alpha value is -1.16. The first-order chi connectivity index (χ1) is 6.67. The van der Waals surface area contributed by atoms with Crippen LogP contribution in [-0.2, 0) is 11.3 Å². The van der Waals surface area contributed by atoms with Gasteiger partial charge >= 0.3 is 0 Å². The summed E-state index contributed by atoms with van der Waals surface area (Å²) in [5, 5.41) is 4.04. The van der Waals surface area contributed by atoms with Crippen LogP contribution in [0, 0.1) is 0 Å². The highest BCUT2D eigenvalue weighted by atomic mass is 16.5. The molecule has 1 atom stereocenters. The van der Waals surface area contributed by atoms with Crippen molar-refractivity contribution >= 4 is 5.78 Å². The molecule has 1 aromatic rings. The minimum Gasteiger partial charge on any atom is -0.381 e. The van der Waals surface area contributed by atoms with Crippen molar-refractivity contribution in [2.75, 3.05) is 7.11 Å². The van der Waals surface area contributed by atoms with Crippen LogP contribution >= 0.6 is 0 Å². The maximum atomic E-state index is 11.6. The van der Waals surface area contributed by atoms with E-state index in [2.05, 4.69) is 5.10 Å². The van der Waals surface area contributed by atoms with Crippen LogP contribution in [0.15, 0.2) is 12.4 Å². The van der Waals surface area contributed by atoms with Crippen LogP contribution in [0.5, 0.6) is 0 Å². The number of nitrogens with zero attached hydrogens (tertiary/aromatic N) is 2. The smallest absolute Gasteiger partial charge is 0.168 e. The number of aromatic nitrogens is 2. The molecule has 4 nitrogen and oxygen atoms in total. The Morgan fingerprint density at radius 1 is 1.71 bits per heavy atom. The van der Waals surface area contributed by atoms with Crippen LogP contribution in [-0.4, -0.2) is 28.8 Å². The lowest BCUT2D eigenvalue weighted by Crippen LogP contribution is -2.11. The summed E-state index contributed by atoms with van der Waals surface area (Å²) in [6.07, 6.45) is 3.75. The molecule has 4 heteroatoms. The third kappa shape index (κ3) is 2.67. The van der Waals surface area contributed by atoms with E-state index >= 15 is 0 Å². The zero-order chi connectivity index (χ0) is 10.6. The zero-order valence-electron chi connectivity index (χ0n) is 8.86. The van der Waals surface area contributed by atoms with Gasteiger partial charge in [-0.1, -0.05) is 0 Å². The summed E-state index contributed by atoms with van der Waals surface area (Å²) < 4.78 is 6.77. The minimum absolute atomic E-state index is 0.0347. The van der Waals surface area contributed by atoms with Crippen molar-refractivity contribution in [2.24, 2.45) is 0 Å². The van der Waals surface area contributed by atoms with Gasteiger partial charge in [0.2, 0.25) is 0 Å². The van der Waals surface area contributed by atoms with Gasteiger partial charge < -0.3 is 4.74 Å². The van der Waals surface area contributed by atoms with Gasteiger partial charge in [0.25, 0.3) is 0 Å². The van der Waals surface area contributed by atoms with E-state index in [4.69, 9.17) is 4.74 Å². The number of ketones is 1. The average Bonchev–Trinajstić information content (AvgIpc) is 2.65. The quantitative estimate of drug-likeness (QED) is 0.670. The number of carbonyl (C=O) groups excluding carboxylic acids is 1. The molecule has 0 aliphatic heterocycles. The highest BCUT2D eigenvalue weighted by Crippen LogP contribution is 2.06. The van der Waals surface area contributed by atoms with Crippen molar-refractivity contribution in [3.8, 4) is 0 Å². The fourth-order valence-corrected chi connectivity index (χ4v) is 1.14. The molecule has 1 aromatic heterocycles. The summed E-state index contributed by atoms with van der Waals surface area (Å²) in [6, 6.07) is 0. The summed E-state index contributed by atoms with van der Waals surface area (Å²) in [6.45, 7) is 4.65. The van der Waals surface area contributed by atoms with E-state index in [-0.39, 0.29) is 11.9 Å². The van der Waals surface area contributed by atoms with Gasteiger partial charge in [-0.15, -0.1) is 0 Å². The molecule has 0 aliphatic carbocycles. The Bertz CT molecular complexity index is 307. The second-order valence-corrected chi connectivity index (χ2v) is 3.26. The third-order valence-corrected chi connectivity index (χ3v) is 2.15. The molecule has 0 aromatic carbocycles. The second kappa shape index (κ2) is 4.91. The summed E-state index contributed by atoms with van der Waals surface area (Å²) in [5.74, 6) is 0.0825.